The van der Waals surface area contributed by atoms with Crippen LogP contribution in [0, 0.1) is 0 Å². The molecule has 0 radical (unpaired) electrons. The Morgan fingerprint density at radius 3 is 2.63 bits per heavy atom. The Morgan fingerprint density at radius 2 is 2.11 bits per heavy atom. The molecule has 1 amide bonds. The molecule has 1 aromatic carbocycles. The Morgan fingerprint density at radius 1 is 1.42 bits per heavy atom. The number of nitrogens with zero attached hydrogens (tertiary/aromatic N) is 1. The van der Waals surface area contributed by atoms with E-state index in [9.17, 15) is 4.79 Å². The van der Waals surface area contributed by atoms with E-state index in [-0.39, 0.29) is 12.3 Å². The van der Waals surface area contributed by atoms with Gasteiger partial charge in [-0.25, -0.2) is 4.79 Å². The average molecular weight is 264 g/mol. The summed E-state index contributed by atoms with van der Waals surface area (Å²) < 4.78 is 10.7. The largest absolute Gasteiger partial charge is 0.447 e. The van der Waals surface area contributed by atoms with Crippen LogP contribution < -0.4 is 5.32 Å². The van der Waals surface area contributed by atoms with Crippen LogP contribution in [0.2, 0.25) is 0 Å². The number of anilines is 1. The van der Waals surface area contributed by atoms with E-state index in [1.54, 1.807) is 0 Å². The summed E-state index contributed by atoms with van der Waals surface area (Å²) in [6.45, 7) is 5.32. The number of carbonyl (C=O) groups excluding carboxylic acids is 1. The first-order valence-electron chi connectivity index (χ1n) is 6.45. The van der Waals surface area contributed by atoms with Crippen molar-refractivity contribution in [2.24, 2.45) is 0 Å². The summed E-state index contributed by atoms with van der Waals surface area (Å²) in [6.07, 6.45) is -0.548. The van der Waals surface area contributed by atoms with Crippen LogP contribution in [0.1, 0.15) is 25.6 Å². The van der Waals surface area contributed by atoms with E-state index < -0.39 is 6.09 Å². The molecule has 5 nitrogen and oxygen atoms in total. The lowest BCUT2D eigenvalue weighted by atomic mass is 10.1. The van der Waals surface area contributed by atoms with Crippen LogP contribution >= 0.6 is 0 Å². The Kier molecular flexibility index (Phi) is 4.39. The quantitative estimate of drug-likeness (QED) is 0.911. The minimum Gasteiger partial charge on any atom is -0.447 e. The van der Waals surface area contributed by atoms with Gasteiger partial charge in [-0.15, -0.1) is 0 Å². The number of rotatable bonds is 3. The summed E-state index contributed by atoms with van der Waals surface area (Å²) >= 11 is 0. The molecule has 5 heteroatoms. The summed E-state index contributed by atoms with van der Waals surface area (Å²) in [5, 5.41) is 2.69. The highest BCUT2D eigenvalue weighted by Crippen LogP contribution is 2.26. The molecule has 1 heterocycles. The van der Waals surface area contributed by atoms with E-state index in [1.165, 1.54) is 0 Å². The maximum absolute atomic E-state index is 11.4. The van der Waals surface area contributed by atoms with Crippen LogP contribution in [0.4, 0.5) is 10.5 Å². The smallest absolute Gasteiger partial charge is 0.411 e. The van der Waals surface area contributed by atoms with E-state index in [4.69, 9.17) is 9.47 Å². The van der Waals surface area contributed by atoms with Crippen molar-refractivity contribution in [1.82, 2.24) is 4.90 Å². The fourth-order valence-electron chi connectivity index (χ4n) is 2.00. The van der Waals surface area contributed by atoms with E-state index in [1.807, 2.05) is 45.2 Å². The summed E-state index contributed by atoms with van der Waals surface area (Å²) in [5.74, 6) is 0. The van der Waals surface area contributed by atoms with Crippen molar-refractivity contribution in [2.75, 3.05) is 25.5 Å². The summed E-state index contributed by atoms with van der Waals surface area (Å²) in [4.78, 5) is 13.6. The number of hydrogen-bond donors (Lipinski definition) is 1. The molecule has 0 aliphatic carbocycles. The molecular weight excluding hydrogens is 244 g/mol. The molecule has 19 heavy (non-hydrogen) atoms. The number of ether oxygens (including phenoxy) is 2. The molecule has 1 saturated heterocycles. The normalized spacial score (nSPS) is 19.7. The van der Waals surface area contributed by atoms with Gasteiger partial charge >= 0.3 is 6.09 Å². The second-order valence-electron chi connectivity index (χ2n) is 4.90. The topological polar surface area (TPSA) is 50.8 Å². The number of likely N-dealkylation sites (N-methyl/N-ethyl adjacent to an activating group) is 1. The van der Waals surface area contributed by atoms with Crippen LogP contribution in [-0.4, -0.2) is 37.3 Å². The van der Waals surface area contributed by atoms with Gasteiger partial charge in [0.2, 0.25) is 0 Å². The molecule has 1 unspecified atom stereocenters. The number of carbonyl (C=O) groups is 1. The summed E-state index contributed by atoms with van der Waals surface area (Å²) in [7, 11) is 2.03. The van der Waals surface area contributed by atoms with Crippen LogP contribution in [0.5, 0.6) is 0 Å². The van der Waals surface area contributed by atoms with Crippen molar-refractivity contribution in [1.29, 1.82) is 0 Å². The highest BCUT2D eigenvalue weighted by molar-refractivity contribution is 5.84. The molecule has 104 valence electrons. The third-order valence-electron chi connectivity index (χ3n) is 2.91. The predicted molar refractivity (Wildman–Crippen MR) is 73.0 cm³/mol. The SMILES string of the molecule is CC(C)OC(=O)Nc1ccc(C2OCCN2C)cc1. The first-order chi connectivity index (χ1) is 9.06. The number of amides is 1. The maximum atomic E-state index is 11.4. The molecule has 1 N–H and O–H groups in total. The Labute approximate surface area is 113 Å². The van der Waals surface area contributed by atoms with Gasteiger partial charge in [0.15, 0.2) is 0 Å². The molecule has 2 rings (SSSR count). The zero-order chi connectivity index (χ0) is 13.8. The zero-order valence-corrected chi connectivity index (χ0v) is 11.6. The molecule has 0 saturated carbocycles. The third kappa shape index (κ3) is 3.68. The Hall–Kier alpha value is -1.59. The Bertz CT molecular complexity index is 431. The second kappa shape index (κ2) is 6.04. The molecule has 0 spiro atoms. The molecule has 1 aromatic rings. The van der Waals surface area contributed by atoms with E-state index in [0.717, 1.165) is 24.4 Å². The van der Waals surface area contributed by atoms with Gasteiger partial charge in [0, 0.05) is 12.2 Å². The van der Waals surface area contributed by atoms with Crippen LogP contribution in [0.15, 0.2) is 24.3 Å². The van der Waals surface area contributed by atoms with Gasteiger partial charge in [0.25, 0.3) is 0 Å². The first-order valence-corrected chi connectivity index (χ1v) is 6.45. The van der Waals surface area contributed by atoms with Gasteiger partial charge in [-0.3, -0.25) is 10.2 Å². The van der Waals surface area contributed by atoms with Gasteiger partial charge in [-0.05, 0) is 38.6 Å². The number of nitrogens with one attached hydrogen (secondary N) is 1. The van der Waals surface area contributed by atoms with Gasteiger partial charge in [-0.1, -0.05) is 12.1 Å². The number of hydrogen-bond acceptors (Lipinski definition) is 4. The molecule has 0 aromatic heterocycles. The monoisotopic (exact) mass is 264 g/mol. The first kappa shape index (κ1) is 13.8. The summed E-state index contributed by atoms with van der Waals surface area (Å²) in [5.41, 5.74) is 1.80. The van der Waals surface area contributed by atoms with Crippen LogP contribution in [-0.2, 0) is 9.47 Å². The van der Waals surface area contributed by atoms with Crippen molar-refractivity contribution in [2.45, 2.75) is 26.2 Å². The minimum absolute atomic E-state index is 0.0108. The van der Waals surface area contributed by atoms with Gasteiger partial charge in [0.05, 0.1) is 12.7 Å². The highest BCUT2D eigenvalue weighted by Gasteiger charge is 2.23. The number of benzene rings is 1. The van der Waals surface area contributed by atoms with Crippen LogP contribution in [0.3, 0.4) is 0 Å². The van der Waals surface area contributed by atoms with Crippen molar-refractivity contribution in [3.63, 3.8) is 0 Å². The lowest BCUT2D eigenvalue weighted by Crippen LogP contribution is -2.19. The predicted octanol–water partition coefficient (Wildman–Crippen LogP) is 2.60. The van der Waals surface area contributed by atoms with Crippen molar-refractivity contribution < 1.29 is 14.3 Å². The molecule has 1 aliphatic heterocycles. The molecule has 0 bridgehead atoms. The summed E-state index contributed by atoms with van der Waals surface area (Å²) in [6, 6.07) is 7.62. The van der Waals surface area contributed by atoms with Crippen molar-refractivity contribution in [3.8, 4) is 0 Å². The van der Waals surface area contributed by atoms with Crippen molar-refractivity contribution in [3.05, 3.63) is 29.8 Å². The highest BCUT2D eigenvalue weighted by atomic mass is 16.6. The fraction of sp³-hybridized carbons (Fsp3) is 0.500. The van der Waals surface area contributed by atoms with Crippen LogP contribution in [0.25, 0.3) is 0 Å². The second-order valence-corrected chi connectivity index (χ2v) is 4.90. The molecule has 1 aliphatic rings. The van der Waals surface area contributed by atoms with Gasteiger partial charge in [-0.2, -0.15) is 0 Å². The molecule has 1 fully saturated rings. The lowest BCUT2D eigenvalue weighted by molar-refractivity contribution is 0.0454. The van der Waals surface area contributed by atoms with E-state index >= 15 is 0 Å². The van der Waals surface area contributed by atoms with Gasteiger partial charge in [0.1, 0.15) is 6.23 Å². The maximum Gasteiger partial charge on any atom is 0.411 e. The van der Waals surface area contributed by atoms with Gasteiger partial charge < -0.3 is 9.47 Å². The lowest BCUT2D eigenvalue weighted by Gasteiger charge is -2.18. The van der Waals surface area contributed by atoms with Crippen molar-refractivity contribution >= 4 is 11.8 Å². The average Bonchev–Trinajstić information content (AvgIpc) is 2.75. The molecule has 1 atom stereocenters. The zero-order valence-electron chi connectivity index (χ0n) is 11.6. The Balaban J connectivity index is 1.96. The fourth-order valence-corrected chi connectivity index (χ4v) is 2.00. The van der Waals surface area contributed by atoms with E-state index in [2.05, 4.69) is 10.2 Å². The minimum atomic E-state index is -0.433. The van der Waals surface area contributed by atoms with E-state index in [0.29, 0.717) is 0 Å². The molecular formula is C14H20N2O3. The standard InChI is InChI=1S/C14H20N2O3/c1-10(2)19-14(17)15-12-6-4-11(5-7-12)13-16(3)8-9-18-13/h4-7,10,13H,8-9H2,1-3H3,(H,15,17). The third-order valence-corrected chi connectivity index (χ3v) is 2.91.